The monoisotopic (exact) mass is 231 g/mol. The molecule has 1 aliphatic heterocycles. The lowest BCUT2D eigenvalue weighted by atomic mass is 10.2. The van der Waals surface area contributed by atoms with Crippen LogP contribution in [0.25, 0.3) is 10.9 Å². The number of benzene rings is 1. The quantitative estimate of drug-likeness (QED) is 0.744. The van der Waals surface area contributed by atoms with E-state index in [-0.39, 0.29) is 0 Å². The molecule has 0 unspecified atom stereocenters. The molecule has 2 aromatic rings. The van der Waals surface area contributed by atoms with Crippen LogP contribution in [0.1, 0.15) is 0 Å². The summed E-state index contributed by atoms with van der Waals surface area (Å²) >= 11 is 0. The zero-order valence-electron chi connectivity index (χ0n) is 10.7. The van der Waals surface area contributed by atoms with Gasteiger partial charge in [0, 0.05) is 44.9 Å². The molecule has 1 N–H and O–H groups in total. The number of nitrogens with zero attached hydrogens (tertiary/aromatic N) is 2. The fourth-order valence-corrected chi connectivity index (χ4v) is 2.00. The van der Waals surface area contributed by atoms with Gasteiger partial charge in [0.05, 0.1) is 0 Å². The summed E-state index contributed by atoms with van der Waals surface area (Å²) in [6.45, 7) is 4.74. The van der Waals surface area contributed by atoms with E-state index in [4.69, 9.17) is 0 Å². The van der Waals surface area contributed by atoms with Crippen molar-refractivity contribution in [1.29, 1.82) is 0 Å². The fourth-order valence-electron chi connectivity index (χ4n) is 2.00. The smallest absolute Gasteiger partial charge is 0.0477 e. The molecule has 17 heavy (non-hydrogen) atoms. The number of nitrogens with one attached hydrogen (secondary N) is 1. The summed E-state index contributed by atoms with van der Waals surface area (Å²) in [6.07, 6.45) is 2.07. The first-order chi connectivity index (χ1) is 8.27. The normalized spacial score (nSPS) is 16.6. The van der Waals surface area contributed by atoms with Gasteiger partial charge in [0.1, 0.15) is 0 Å². The van der Waals surface area contributed by atoms with E-state index in [2.05, 4.69) is 65.4 Å². The maximum Gasteiger partial charge on any atom is 0.0477 e. The van der Waals surface area contributed by atoms with E-state index < -0.39 is 0 Å². The molecule has 1 fully saturated rings. The highest BCUT2D eigenvalue weighted by atomic mass is 15.2. The van der Waals surface area contributed by atoms with Gasteiger partial charge in [-0.15, -0.1) is 0 Å². The third-order valence-electron chi connectivity index (χ3n) is 3.14. The summed E-state index contributed by atoms with van der Waals surface area (Å²) in [5.41, 5.74) is 1.29. The number of para-hydroxylation sites is 1. The van der Waals surface area contributed by atoms with Crippen molar-refractivity contribution >= 4 is 10.9 Å². The molecule has 1 aromatic heterocycles. The van der Waals surface area contributed by atoms with Crippen molar-refractivity contribution in [2.45, 2.75) is 0 Å². The first-order valence-electron chi connectivity index (χ1n) is 6.17. The van der Waals surface area contributed by atoms with Crippen LogP contribution in [0, 0.1) is 0 Å². The Morgan fingerprint density at radius 2 is 1.71 bits per heavy atom. The molecule has 0 bridgehead atoms. The molecule has 0 amide bonds. The van der Waals surface area contributed by atoms with Crippen LogP contribution in [-0.4, -0.2) is 42.7 Å². The molecule has 0 spiro atoms. The Hall–Kier alpha value is -1.32. The lowest BCUT2D eigenvalue weighted by Crippen LogP contribution is -2.40. The van der Waals surface area contributed by atoms with Gasteiger partial charge in [0.25, 0.3) is 0 Å². The van der Waals surface area contributed by atoms with Crippen molar-refractivity contribution in [2.75, 3.05) is 33.2 Å². The van der Waals surface area contributed by atoms with Crippen LogP contribution in [0.4, 0.5) is 0 Å². The molecule has 1 aromatic carbocycles. The van der Waals surface area contributed by atoms with Gasteiger partial charge in [0.2, 0.25) is 0 Å². The molecule has 0 atom stereocenters. The van der Waals surface area contributed by atoms with Crippen LogP contribution in [0.5, 0.6) is 0 Å². The van der Waals surface area contributed by atoms with Crippen LogP contribution in [0.3, 0.4) is 0 Å². The van der Waals surface area contributed by atoms with Gasteiger partial charge in [-0.3, -0.25) is 0 Å². The Kier molecular flexibility index (Phi) is 4.18. The van der Waals surface area contributed by atoms with Gasteiger partial charge in [-0.25, -0.2) is 0 Å². The minimum absolute atomic E-state index is 1.16. The van der Waals surface area contributed by atoms with Gasteiger partial charge < -0.3 is 14.8 Å². The zero-order valence-corrected chi connectivity index (χ0v) is 10.7. The number of fused-ring (bicyclic) bond motifs is 1. The third-order valence-corrected chi connectivity index (χ3v) is 3.14. The van der Waals surface area contributed by atoms with E-state index in [9.17, 15) is 0 Å². The van der Waals surface area contributed by atoms with Crippen molar-refractivity contribution in [3.8, 4) is 0 Å². The van der Waals surface area contributed by atoms with Gasteiger partial charge in [-0.05, 0) is 24.6 Å². The summed E-state index contributed by atoms with van der Waals surface area (Å²) in [5, 5.41) is 4.58. The van der Waals surface area contributed by atoms with E-state index in [0.717, 1.165) is 13.1 Å². The van der Waals surface area contributed by atoms with Crippen molar-refractivity contribution < 1.29 is 0 Å². The largest absolute Gasteiger partial charge is 0.351 e. The van der Waals surface area contributed by atoms with Crippen LogP contribution in [0.2, 0.25) is 0 Å². The van der Waals surface area contributed by atoms with Crippen molar-refractivity contribution in [3.63, 3.8) is 0 Å². The Balaban J connectivity index is 0.000000136. The minimum Gasteiger partial charge on any atom is -0.351 e. The SMILES string of the molecule is CN1CCNCC1.Cn1ccc2ccccc21. The molecular formula is C14H21N3. The lowest BCUT2D eigenvalue weighted by molar-refractivity contribution is 0.291. The molecule has 92 valence electrons. The summed E-state index contributed by atoms with van der Waals surface area (Å²) < 4.78 is 2.12. The summed E-state index contributed by atoms with van der Waals surface area (Å²) in [5.74, 6) is 0. The number of aromatic nitrogens is 1. The lowest BCUT2D eigenvalue weighted by Gasteiger charge is -2.21. The number of likely N-dealkylation sites (N-methyl/N-ethyl adjacent to an activating group) is 1. The van der Waals surface area contributed by atoms with Crippen molar-refractivity contribution in [2.24, 2.45) is 7.05 Å². The maximum absolute atomic E-state index is 3.27. The Morgan fingerprint density at radius 1 is 1.00 bits per heavy atom. The average molecular weight is 231 g/mol. The van der Waals surface area contributed by atoms with Crippen LogP contribution < -0.4 is 5.32 Å². The van der Waals surface area contributed by atoms with Crippen LogP contribution in [-0.2, 0) is 7.05 Å². The molecule has 0 aliphatic carbocycles. The molecule has 3 heteroatoms. The Bertz CT molecular complexity index is 455. The second kappa shape index (κ2) is 5.84. The maximum atomic E-state index is 3.27. The summed E-state index contributed by atoms with van der Waals surface area (Å²) in [6, 6.07) is 10.5. The van der Waals surface area contributed by atoms with Crippen molar-refractivity contribution in [3.05, 3.63) is 36.5 Å². The van der Waals surface area contributed by atoms with Gasteiger partial charge in [-0.2, -0.15) is 0 Å². The summed E-state index contributed by atoms with van der Waals surface area (Å²) in [4.78, 5) is 2.33. The molecule has 0 radical (unpaired) electrons. The number of aryl methyl sites for hydroxylation is 1. The Morgan fingerprint density at radius 3 is 2.29 bits per heavy atom. The van der Waals surface area contributed by atoms with E-state index in [0.29, 0.717) is 0 Å². The van der Waals surface area contributed by atoms with Gasteiger partial charge in [0.15, 0.2) is 0 Å². The van der Waals surface area contributed by atoms with Crippen LogP contribution >= 0.6 is 0 Å². The first kappa shape index (κ1) is 12.1. The molecular weight excluding hydrogens is 210 g/mol. The standard InChI is InChI=1S/C9H9N.C5H12N2/c1-10-7-6-8-4-2-3-5-9(8)10;1-7-4-2-6-3-5-7/h2-7H,1H3;6H,2-5H2,1H3. The second-order valence-corrected chi connectivity index (χ2v) is 4.54. The fraction of sp³-hybridized carbons (Fsp3) is 0.429. The highest BCUT2D eigenvalue weighted by Gasteiger charge is 2.01. The highest BCUT2D eigenvalue weighted by Crippen LogP contribution is 2.12. The zero-order chi connectivity index (χ0) is 12.1. The molecule has 0 saturated carbocycles. The number of hydrogen-bond donors (Lipinski definition) is 1. The number of hydrogen-bond acceptors (Lipinski definition) is 2. The average Bonchev–Trinajstić information content (AvgIpc) is 2.74. The van der Waals surface area contributed by atoms with E-state index in [1.54, 1.807) is 0 Å². The van der Waals surface area contributed by atoms with Crippen LogP contribution in [0.15, 0.2) is 36.5 Å². The predicted octanol–water partition coefficient (Wildman–Crippen LogP) is 1.70. The van der Waals surface area contributed by atoms with Gasteiger partial charge >= 0.3 is 0 Å². The molecule has 1 saturated heterocycles. The highest BCUT2D eigenvalue weighted by molar-refractivity contribution is 5.79. The number of piperazine rings is 1. The molecule has 3 nitrogen and oxygen atoms in total. The Labute approximate surface area is 103 Å². The summed E-state index contributed by atoms with van der Waals surface area (Å²) in [7, 11) is 4.21. The number of rotatable bonds is 0. The molecule has 3 rings (SSSR count). The first-order valence-corrected chi connectivity index (χ1v) is 6.17. The molecule has 2 heterocycles. The predicted molar refractivity (Wildman–Crippen MR) is 73.3 cm³/mol. The van der Waals surface area contributed by atoms with E-state index in [1.165, 1.54) is 24.0 Å². The third kappa shape index (κ3) is 3.32. The molecule has 1 aliphatic rings. The van der Waals surface area contributed by atoms with E-state index >= 15 is 0 Å². The minimum atomic E-state index is 1.16. The topological polar surface area (TPSA) is 20.2 Å². The van der Waals surface area contributed by atoms with Gasteiger partial charge in [-0.1, -0.05) is 18.2 Å². The second-order valence-electron chi connectivity index (χ2n) is 4.54. The van der Waals surface area contributed by atoms with E-state index in [1.807, 2.05) is 0 Å². The van der Waals surface area contributed by atoms with Crippen molar-refractivity contribution in [1.82, 2.24) is 14.8 Å².